The Labute approximate surface area is 77.4 Å². The molecule has 0 amide bonds. The van der Waals surface area contributed by atoms with Crippen LogP contribution in [0.3, 0.4) is 0 Å². The maximum absolute atomic E-state index is 5.86. The summed E-state index contributed by atoms with van der Waals surface area (Å²) in [7, 11) is 0. The Morgan fingerprint density at radius 2 is 2.08 bits per heavy atom. The summed E-state index contributed by atoms with van der Waals surface area (Å²) in [5.74, 6) is 0. The number of benzene rings is 1. The number of rotatable bonds is 0. The van der Waals surface area contributed by atoms with E-state index in [1.165, 1.54) is 11.1 Å². The summed E-state index contributed by atoms with van der Waals surface area (Å²) in [6, 6.07) is 8.17. The van der Waals surface area contributed by atoms with Crippen LogP contribution in [0.25, 0.3) is 5.57 Å². The van der Waals surface area contributed by atoms with Gasteiger partial charge >= 0.3 is 0 Å². The summed E-state index contributed by atoms with van der Waals surface area (Å²) in [5.41, 5.74) is 3.42. The van der Waals surface area contributed by atoms with Crippen LogP contribution in [0.2, 0.25) is 0 Å². The van der Waals surface area contributed by atoms with Crippen LogP contribution in [-0.2, 0) is 6.54 Å². The van der Waals surface area contributed by atoms with Crippen molar-refractivity contribution in [2.75, 3.05) is 0 Å². The molecule has 1 aromatic rings. The fourth-order valence-corrected chi connectivity index (χ4v) is 1.67. The Kier molecular flexibility index (Phi) is 1.81. The van der Waals surface area contributed by atoms with Crippen molar-refractivity contribution in [3.63, 3.8) is 0 Å². The largest absolute Gasteiger partial charge is 0.288 e. The van der Waals surface area contributed by atoms with Crippen molar-refractivity contribution in [2.45, 2.75) is 6.54 Å². The van der Waals surface area contributed by atoms with Gasteiger partial charge in [-0.05, 0) is 23.6 Å². The molecule has 0 fully saturated rings. The molecule has 0 saturated heterocycles. The van der Waals surface area contributed by atoms with Crippen molar-refractivity contribution in [3.05, 3.63) is 48.5 Å². The van der Waals surface area contributed by atoms with Crippen LogP contribution in [0.15, 0.2) is 30.5 Å². The Morgan fingerprint density at radius 1 is 1.33 bits per heavy atom. The van der Waals surface area contributed by atoms with Gasteiger partial charge in [-0.1, -0.05) is 24.3 Å². The third-order valence-electron chi connectivity index (χ3n) is 1.98. The smallest absolute Gasteiger partial charge is 0.0598 e. The lowest BCUT2D eigenvalue weighted by molar-refractivity contribution is 0.592. The topological polar surface area (TPSA) is 3.24 Å². The molecule has 0 atom stereocenters. The zero-order valence-corrected chi connectivity index (χ0v) is 7.38. The molecule has 2 heteroatoms. The van der Waals surface area contributed by atoms with E-state index < -0.39 is 0 Å². The number of hydrogen-bond acceptors (Lipinski definition) is 1. The van der Waals surface area contributed by atoms with E-state index in [0.717, 1.165) is 12.1 Å². The highest BCUT2D eigenvalue weighted by molar-refractivity contribution is 6.14. The monoisotopic (exact) mass is 178 g/mol. The predicted octanol–water partition coefficient (Wildman–Crippen LogP) is 2.83. The second-order valence-electron chi connectivity index (χ2n) is 2.87. The standard InChI is InChI=1S/C10H9ClN/c1-8-6-12(11)7-9-4-2-3-5-10(8)9/h2-6H,1,7H2. The van der Waals surface area contributed by atoms with E-state index in [2.05, 4.69) is 19.1 Å². The van der Waals surface area contributed by atoms with Crippen molar-refractivity contribution < 1.29 is 0 Å². The molecule has 1 aliphatic rings. The molecular weight excluding hydrogens is 170 g/mol. The van der Waals surface area contributed by atoms with Gasteiger partial charge in [0.25, 0.3) is 0 Å². The molecule has 1 heterocycles. The Hall–Kier alpha value is -0.950. The molecule has 0 spiro atoms. The lowest BCUT2D eigenvalue weighted by Crippen LogP contribution is -2.11. The third-order valence-corrected chi connectivity index (χ3v) is 2.20. The summed E-state index contributed by atoms with van der Waals surface area (Å²) in [5, 5.41) is 0. The first-order valence-corrected chi connectivity index (χ1v) is 4.15. The van der Waals surface area contributed by atoms with E-state index in [-0.39, 0.29) is 0 Å². The quantitative estimate of drug-likeness (QED) is 0.553. The van der Waals surface area contributed by atoms with Gasteiger partial charge in [0.05, 0.1) is 6.54 Å². The van der Waals surface area contributed by atoms with Gasteiger partial charge in [0.2, 0.25) is 0 Å². The first-order valence-electron chi connectivity index (χ1n) is 3.82. The van der Waals surface area contributed by atoms with Gasteiger partial charge < -0.3 is 0 Å². The van der Waals surface area contributed by atoms with E-state index in [1.54, 1.807) is 4.42 Å². The van der Waals surface area contributed by atoms with Crippen LogP contribution in [0.1, 0.15) is 11.1 Å². The number of nitrogens with zero attached hydrogens (tertiary/aromatic N) is 1. The average Bonchev–Trinajstić information content (AvgIpc) is 2.04. The molecule has 1 radical (unpaired) electrons. The Morgan fingerprint density at radius 3 is 2.92 bits per heavy atom. The van der Waals surface area contributed by atoms with Gasteiger partial charge in [0.1, 0.15) is 0 Å². The number of fused-ring (bicyclic) bond motifs is 1. The van der Waals surface area contributed by atoms with Gasteiger partial charge in [0, 0.05) is 18.0 Å². The van der Waals surface area contributed by atoms with Crippen LogP contribution in [-0.4, -0.2) is 4.42 Å². The zero-order chi connectivity index (χ0) is 8.55. The molecular formula is C10H9ClN. The highest BCUT2D eigenvalue weighted by Crippen LogP contribution is 2.26. The SMILES string of the molecule is [CH2]C1=CN(Cl)Cc2ccccc21. The lowest BCUT2D eigenvalue weighted by atomic mass is 9.99. The predicted molar refractivity (Wildman–Crippen MR) is 51.2 cm³/mol. The minimum atomic E-state index is 0.761. The first-order chi connectivity index (χ1) is 5.77. The molecule has 0 N–H and O–H groups in total. The van der Waals surface area contributed by atoms with Crippen molar-refractivity contribution in [2.24, 2.45) is 0 Å². The van der Waals surface area contributed by atoms with Crippen molar-refractivity contribution in [3.8, 4) is 0 Å². The summed E-state index contributed by atoms with van der Waals surface area (Å²) < 4.78 is 1.63. The normalized spacial score (nSPS) is 15.5. The van der Waals surface area contributed by atoms with Crippen LogP contribution < -0.4 is 0 Å². The molecule has 0 aliphatic carbocycles. The second kappa shape index (κ2) is 2.83. The molecule has 12 heavy (non-hydrogen) atoms. The fraction of sp³-hybridized carbons (Fsp3) is 0.100. The van der Waals surface area contributed by atoms with Crippen molar-refractivity contribution in [1.29, 1.82) is 0 Å². The number of hydrogen-bond donors (Lipinski definition) is 0. The molecule has 0 bridgehead atoms. The number of halogens is 1. The maximum atomic E-state index is 5.86. The zero-order valence-electron chi connectivity index (χ0n) is 6.63. The van der Waals surface area contributed by atoms with Gasteiger partial charge in [0.15, 0.2) is 0 Å². The van der Waals surface area contributed by atoms with Crippen LogP contribution in [0.4, 0.5) is 0 Å². The van der Waals surface area contributed by atoms with E-state index in [9.17, 15) is 0 Å². The summed E-state index contributed by atoms with van der Waals surface area (Å²) in [6.45, 7) is 4.68. The van der Waals surface area contributed by atoms with Gasteiger partial charge in [-0.15, -0.1) is 0 Å². The van der Waals surface area contributed by atoms with Crippen LogP contribution in [0, 0.1) is 6.92 Å². The summed E-state index contributed by atoms with van der Waals surface area (Å²) >= 11 is 5.86. The second-order valence-corrected chi connectivity index (χ2v) is 3.30. The highest BCUT2D eigenvalue weighted by Gasteiger charge is 2.11. The van der Waals surface area contributed by atoms with Gasteiger partial charge in [-0.3, -0.25) is 4.42 Å². The van der Waals surface area contributed by atoms with E-state index in [4.69, 9.17) is 11.8 Å². The highest BCUT2D eigenvalue weighted by atomic mass is 35.5. The lowest BCUT2D eigenvalue weighted by Gasteiger charge is -2.21. The third kappa shape index (κ3) is 1.21. The van der Waals surface area contributed by atoms with E-state index in [1.807, 2.05) is 18.3 Å². The van der Waals surface area contributed by atoms with E-state index >= 15 is 0 Å². The van der Waals surface area contributed by atoms with E-state index in [0.29, 0.717) is 0 Å². The number of allylic oxidation sites excluding steroid dienone is 1. The molecule has 2 rings (SSSR count). The minimum Gasteiger partial charge on any atom is -0.288 e. The molecule has 0 unspecified atom stereocenters. The van der Waals surface area contributed by atoms with Gasteiger partial charge in [-0.25, -0.2) is 0 Å². The van der Waals surface area contributed by atoms with Crippen molar-refractivity contribution in [1.82, 2.24) is 4.42 Å². The average molecular weight is 179 g/mol. The molecule has 1 aromatic carbocycles. The molecule has 0 saturated carbocycles. The van der Waals surface area contributed by atoms with Crippen molar-refractivity contribution >= 4 is 17.3 Å². The molecule has 61 valence electrons. The molecule has 0 aromatic heterocycles. The van der Waals surface area contributed by atoms with Gasteiger partial charge in [-0.2, -0.15) is 0 Å². The summed E-state index contributed by atoms with van der Waals surface area (Å²) in [4.78, 5) is 0. The first kappa shape index (κ1) is 7.69. The minimum absolute atomic E-state index is 0.761. The Balaban J connectivity index is 2.53. The Bertz CT molecular complexity index is 330. The molecule has 1 nitrogen and oxygen atoms in total. The molecule has 1 aliphatic heterocycles. The fourth-order valence-electron chi connectivity index (χ4n) is 1.42. The van der Waals surface area contributed by atoms with Crippen LogP contribution in [0.5, 0.6) is 0 Å². The maximum Gasteiger partial charge on any atom is 0.0598 e. The van der Waals surface area contributed by atoms with Crippen LogP contribution >= 0.6 is 11.8 Å². The summed E-state index contributed by atoms with van der Waals surface area (Å²) in [6.07, 6.45) is 1.85.